The van der Waals surface area contributed by atoms with E-state index in [-0.39, 0.29) is 17.6 Å². The number of amides is 1. The zero-order chi connectivity index (χ0) is 15.5. The molecule has 1 fully saturated rings. The van der Waals surface area contributed by atoms with E-state index in [1.807, 2.05) is 24.3 Å². The fourth-order valence-corrected chi connectivity index (χ4v) is 2.53. The molecular weight excluding hydrogens is 280 g/mol. The van der Waals surface area contributed by atoms with Crippen LogP contribution in [-0.2, 0) is 0 Å². The van der Waals surface area contributed by atoms with Crippen molar-refractivity contribution in [2.45, 2.75) is 18.9 Å². The first-order valence-electron chi connectivity index (χ1n) is 7.32. The van der Waals surface area contributed by atoms with E-state index in [2.05, 4.69) is 5.32 Å². The lowest BCUT2D eigenvalue weighted by Gasteiger charge is -2.18. The SMILES string of the molecule is COc1ccc([C@H](NC(=O)c2cccc[n+]2[O-])C2CC2)cc1. The van der Waals surface area contributed by atoms with E-state index in [0.717, 1.165) is 24.2 Å². The molecule has 5 heteroatoms. The molecule has 1 heterocycles. The number of ether oxygens (including phenoxy) is 1. The van der Waals surface area contributed by atoms with Crippen LogP contribution >= 0.6 is 0 Å². The standard InChI is InChI=1S/C17H18N2O3/c1-22-14-9-7-13(8-10-14)16(12-5-6-12)18-17(20)15-4-2-3-11-19(15)21/h2-4,7-12,16H,5-6H2,1H3,(H,18,20)/t16-/m1/s1. The van der Waals surface area contributed by atoms with E-state index in [1.165, 1.54) is 12.3 Å². The zero-order valence-electron chi connectivity index (χ0n) is 12.4. The maximum absolute atomic E-state index is 12.3. The van der Waals surface area contributed by atoms with Crippen molar-refractivity contribution in [2.75, 3.05) is 7.11 Å². The van der Waals surface area contributed by atoms with Gasteiger partial charge in [0, 0.05) is 12.1 Å². The molecule has 1 aliphatic rings. The van der Waals surface area contributed by atoms with Gasteiger partial charge in [-0.3, -0.25) is 4.79 Å². The summed E-state index contributed by atoms with van der Waals surface area (Å²) in [5.41, 5.74) is 1.15. The molecule has 1 amide bonds. The van der Waals surface area contributed by atoms with Crippen molar-refractivity contribution in [3.8, 4) is 5.75 Å². The van der Waals surface area contributed by atoms with Crippen LogP contribution in [-0.4, -0.2) is 13.0 Å². The van der Waals surface area contributed by atoms with Crippen molar-refractivity contribution in [3.63, 3.8) is 0 Å². The lowest BCUT2D eigenvalue weighted by atomic mass is 10.0. The number of nitrogens with one attached hydrogen (secondary N) is 1. The van der Waals surface area contributed by atoms with Gasteiger partial charge >= 0.3 is 5.91 Å². The first kappa shape index (κ1) is 14.4. The zero-order valence-corrected chi connectivity index (χ0v) is 12.4. The van der Waals surface area contributed by atoms with Crippen LogP contribution in [0.1, 0.15) is 34.9 Å². The van der Waals surface area contributed by atoms with Gasteiger partial charge in [0.15, 0.2) is 6.20 Å². The molecule has 0 unspecified atom stereocenters. The lowest BCUT2D eigenvalue weighted by Crippen LogP contribution is -2.40. The molecule has 0 radical (unpaired) electrons. The van der Waals surface area contributed by atoms with Gasteiger partial charge in [-0.15, -0.1) is 0 Å². The molecule has 1 atom stereocenters. The maximum atomic E-state index is 12.3. The van der Waals surface area contributed by atoms with Gasteiger partial charge in [-0.1, -0.05) is 12.1 Å². The molecule has 0 bridgehead atoms. The Bertz CT molecular complexity index is 666. The minimum Gasteiger partial charge on any atom is -0.618 e. The average molecular weight is 298 g/mol. The van der Waals surface area contributed by atoms with Crippen LogP contribution in [0.15, 0.2) is 48.7 Å². The van der Waals surface area contributed by atoms with E-state index in [1.54, 1.807) is 19.2 Å². The molecule has 5 nitrogen and oxygen atoms in total. The normalized spacial score (nSPS) is 15.1. The number of rotatable bonds is 5. The summed E-state index contributed by atoms with van der Waals surface area (Å²) >= 11 is 0. The monoisotopic (exact) mass is 298 g/mol. The van der Waals surface area contributed by atoms with Crippen LogP contribution in [0.2, 0.25) is 0 Å². The largest absolute Gasteiger partial charge is 0.618 e. The Labute approximate surface area is 129 Å². The number of nitrogens with zero attached hydrogens (tertiary/aromatic N) is 1. The highest BCUT2D eigenvalue weighted by Gasteiger charge is 2.34. The van der Waals surface area contributed by atoms with E-state index < -0.39 is 0 Å². The third-order valence-electron chi connectivity index (χ3n) is 3.91. The molecule has 0 spiro atoms. The van der Waals surface area contributed by atoms with Gasteiger partial charge in [-0.25, -0.2) is 0 Å². The lowest BCUT2D eigenvalue weighted by molar-refractivity contribution is -0.607. The number of methoxy groups -OCH3 is 1. The second kappa shape index (κ2) is 6.05. The molecule has 1 N–H and O–H groups in total. The van der Waals surface area contributed by atoms with Gasteiger partial charge in [-0.2, -0.15) is 4.73 Å². The predicted octanol–water partition coefficient (Wildman–Crippen LogP) is 2.21. The van der Waals surface area contributed by atoms with Gasteiger partial charge < -0.3 is 15.3 Å². The van der Waals surface area contributed by atoms with Crippen LogP contribution in [0.25, 0.3) is 0 Å². The van der Waals surface area contributed by atoms with Crippen molar-refractivity contribution in [1.29, 1.82) is 0 Å². The van der Waals surface area contributed by atoms with Gasteiger partial charge in [0.1, 0.15) is 5.75 Å². The molecule has 1 aliphatic carbocycles. The highest BCUT2D eigenvalue weighted by atomic mass is 16.5. The third kappa shape index (κ3) is 3.03. The van der Waals surface area contributed by atoms with Crippen LogP contribution in [0.4, 0.5) is 0 Å². The summed E-state index contributed by atoms with van der Waals surface area (Å²) in [5, 5.41) is 14.7. The predicted molar refractivity (Wildman–Crippen MR) is 81.3 cm³/mol. The van der Waals surface area contributed by atoms with Crippen molar-refractivity contribution >= 4 is 5.91 Å². The van der Waals surface area contributed by atoms with Crippen molar-refractivity contribution in [2.24, 2.45) is 5.92 Å². The Morgan fingerprint density at radius 1 is 1.27 bits per heavy atom. The smallest absolute Gasteiger partial charge is 0.317 e. The van der Waals surface area contributed by atoms with E-state index >= 15 is 0 Å². The Hall–Kier alpha value is -2.56. The van der Waals surface area contributed by atoms with E-state index in [9.17, 15) is 10.0 Å². The summed E-state index contributed by atoms with van der Waals surface area (Å²) in [4.78, 5) is 12.3. The first-order chi connectivity index (χ1) is 10.7. The van der Waals surface area contributed by atoms with Gasteiger partial charge in [0.05, 0.1) is 13.2 Å². The fourth-order valence-electron chi connectivity index (χ4n) is 2.53. The van der Waals surface area contributed by atoms with Crippen LogP contribution in [0.5, 0.6) is 5.75 Å². The molecular formula is C17H18N2O3. The molecule has 1 saturated carbocycles. The van der Waals surface area contributed by atoms with Crippen LogP contribution < -0.4 is 14.8 Å². The van der Waals surface area contributed by atoms with Crippen LogP contribution in [0.3, 0.4) is 0 Å². The van der Waals surface area contributed by atoms with E-state index in [4.69, 9.17) is 4.74 Å². The molecule has 1 aromatic heterocycles. The number of aromatic nitrogens is 1. The molecule has 114 valence electrons. The summed E-state index contributed by atoms with van der Waals surface area (Å²) in [5.74, 6) is 0.870. The Kier molecular flexibility index (Phi) is 3.96. The summed E-state index contributed by atoms with van der Waals surface area (Å²) in [6.07, 6.45) is 3.50. The summed E-state index contributed by atoms with van der Waals surface area (Å²) in [6, 6.07) is 12.4. The second-order valence-electron chi connectivity index (χ2n) is 5.47. The van der Waals surface area contributed by atoms with Gasteiger partial charge in [-0.05, 0) is 42.5 Å². The topological polar surface area (TPSA) is 65.3 Å². The molecule has 2 aromatic rings. The average Bonchev–Trinajstić information content (AvgIpc) is 3.38. The summed E-state index contributed by atoms with van der Waals surface area (Å²) < 4.78 is 5.75. The molecule has 22 heavy (non-hydrogen) atoms. The minimum atomic E-state index is -0.344. The Morgan fingerprint density at radius 2 is 2.00 bits per heavy atom. The number of carbonyl (C=O) groups excluding carboxylic acids is 1. The minimum absolute atomic E-state index is 0.0707. The number of carbonyl (C=O) groups is 1. The maximum Gasteiger partial charge on any atom is 0.317 e. The number of hydrogen-bond acceptors (Lipinski definition) is 3. The number of pyridine rings is 1. The first-order valence-corrected chi connectivity index (χ1v) is 7.32. The highest BCUT2D eigenvalue weighted by molar-refractivity contribution is 5.91. The van der Waals surface area contributed by atoms with E-state index in [0.29, 0.717) is 10.6 Å². The molecule has 3 rings (SSSR count). The Morgan fingerprint density at radius 3 is 2.59 bits per heavy atom. The summed E-state index contributed by atoms with van der Waals surface area (Å²) in [7, 11) is 1.62. The van der Waals surface area contributed by atoms with Gasteiger partial charge in [0.25, 0.3) is 5.69 Å². The highest BCUT2D eigenvalue weighted by Crippen LogP contribution is 2.41. The third-order valence-corrected chi connectivity index (χ3v) is 3.91. The Balaban J connectivity index is 1.80. The quantitative estimate of drug-likeness (QED) is 0.680. The number of benzene rings is 1. The van der Waals surface area contributed by atoms with Crippen molar-refractivity contribution < 1.29 is 14.3 Å². The van der Waals surface area contributed by atoms with Gasteiger partial charge in [0.2, 0.25) is 0 Å². The second-order valence-corrected chi connectivity index (χ2v) is 5.47. The fraction of sp³-hybridized carbons (Fsp3) is 0.294. The molecule has 0 aliphatic heterocycles. The van der Waals surface area contributed by atoms with Crippen molar-refractivity contribution in [3.05, 3.63) is 65.1 Å². The molecule has 1 aromatic carbocycles. The van der Waals surface area contributed by atoms with Crippen LogP contribution in [0, 0.1) is 11.1 Å². The number of hydrogen-bond donors (Lipinski definition) is 1. The summed E-state index contributed by atoms with van der Waals surface area (Å²) in [6.45, 7) is 0. The van der Waals surface area contributed by atoms with Crippen molar-refractivity contribution in [1.82, 2.24) is 5.32 Å². The molecule has 0 saturated heterocycles.